The summed E-state index contributed by atoms with van der Waals surface area (Å²) in [7, 11) is 0. The van der Waals surface area contributed by atoms with Crippen LogP contribution in [0.5, 0.6) is 0 Å². The van der Waals surface area contributed by atoms with Crippen LogP contribution in [0.1, 0.15) is 5.56 Å². The Balaban J connectivity index is 2.32. The summed E-state index contributed by atoms with van der Waals surface area (Å²) in [4.78, 5) is 15.2. The summed E-state index contributed by atoms with van der Waals surface area (Å²) in [5.41, 5.74) is 2.34. The van der Waals surface area contributed by atoms with Crippen LogP contribution >= 0.6 is 11.6 Å². The summed E-state index contributed by atoms with van der Waals surface area (Å²) in [6, 6.07) is 6.37. The van der Waals surface area contributed by atoms with Crippen molar-refractivity contribution in [1.82, 2.24) is 5.48 Å². The second-order valence-electron chi connectivity index (χ2n) is 3.23. The zero-order chi connectivity index (χ0) is 12.9. The lowest BCUT2D eigenvalue weighted by atomic mass is 10.1. The minimum Gasteiger partial charge on any atom is -0.272 e. The maximum Gasteiger partial charge on any atom is 0.414 e. The van der Waals surface area contributed by atoms with Crippen LogP contribution in [0.4, 0.5) is 13.2 Å². The fraction of sp³-hybridized carbons (Fsp3) is 0.300. The van der Waals surface area contributed by atoms with E-state index in [4.69, 9.17) is 11.6 Å². The van der Waals surface area contributed by atoms with Crippen molar-refractivity contribution in [2.75, 3.05) is 6.61 Å². The van der Waals surface area contributed by atoms with Gasteiger partial charge in [-0.2, -0.15) is 13.2 Å². The first-order valence-electron chi connectivity index (χ1n) is 4.58. The highest BCUT2D eigenvalue weighted by atomic mass is 35.5. The molecule has 0 fully saturated rings. The molecule has 3 nitrogen and oxygen atoms in total. The van der Waals surface area contributed by atoms with Crippen LogP contribution in [0.3, 0.4) is 0 Å². The third-order valence-corrected chi connectivity index (χ3v) is 1.95. The molecule has 94 valence electrons. The maximum absolute atomic E-state index is 11.7. The van der Waals surface area contributed by atoms with Crippen molar-refractivity contribution >= 4 is 17.5 Å². The average molecular weight is 268 g/mol. The van der Waals surface area contributed by atoms with Crippen LogP contribution in [0.15, 0.2) is 24.3 Å². The van der Waals surface area contributed by atoms with Gasteiger partial charge in [0.05, 0.1) is 6.42 Å². The van der Waals surface area contributed by atoms with Crippen LogP contribution < -0.4 is 5.48 Å². The molecule has 0 aliphatic rings. The molecule has 0 radical (unpaired) electrons. The van der Waals surface area contributed by atoms with Gasteiger partial charge >= 0.3 is 6.18 Å². The number of nitrogens with one attached hydrogen (secondary N) is 1. The van der Waals surface area contributed by atoms with E-state index >= 15 is 0 Å². The summed E-state index contributed by atoms with van der Waals surface area (Å²) >= 11 is 5.63. The monoisotopic (exact) mass is 267 g/mol. The van der Waals surface area contributed by atoms with Crippen molar-refractivity contribution in [2.24, 2.45) is 0 Å². The molecule has 0 atom stereocenters. The molecule has 0 aliphatic carbocycles. The smallest absolute Gasteiger partial charge is 0.272 e. The van der Waals surface area contributed by atoms with Crippen molar-refractivity contribution in [3.8, 4) is 0 Å². The number of carbonyl (C=O) groups is 1. The van der Waals surface area contributed by atoms with Gasteiger partial charge in [0.1, 0.15) is 0 Å². The summed E-state index contributed by atoms with van der Waals surface area (Å²) in [5.74, 6) is -0.656. The predicted molar refractivity (Wildman–Crippen MR) is 55.3 cm³/mol. The maximum atomic E-state index is 11.7. The Hall–Kier alpha value is -1.27. The van der Waals surface area contributed by atoms with E-state index in [2.05, 4.69) is 4.84 Å². The van der Waals surface area contributed by atoms with E-state index in [-0.39, 0.29) is 6.42 Å². The second kappa shape index (κ2) is 5.88. The number of rotatable bonds is 4. The molecular weight excluding hydrogens is 259 g/mol. The van der Waals surface area contributed by atoms with Gasteiger partial charge in [-0.25, -0.2) is 5.48 Å². The zero-order valence-corrected chi connectivity index (χ0v) is 9.31. The lowest BCUT2D eigenvalue weighted by Crippen LogP contribution is -2.30. The average Bonchev–Trinajstić information content (AvgIpc) is 2.19. The van der Waals surface area contributed by atoms with E-state index in [1.165, 1.54) is 0 Å². The first-order valence-corrected chi connectivity index (χ1v) is 4.96. The quantitative estimate of drug-likeness (QED) is 0.851. The van der Waals surface area contributed by atoms with Crippen molar-refractivity contribution in [3.05, 3.63) is 34.9 Å². The molecule has 17 heavy (non-hydrogen) atoms. The van der Waals surface area contributed by atoms with Crippen LogP contribution in [0.2, 0.25) is 5.02 Å². The molecule has 1 rings (SSSR count). The van der Waals surface area contributed by atoms with Gasteiger partial charge in [-0.3, -0.25) is 9.63 Å². The predicted octanol–water partition coefficient (Wildman–Crippen LogP) is 2.49. The molecule has 0 heterocycles. The number of hydrogen-bond acceptors (Lipinski definition) is 2. The number of hydrogen-bond donors (Lipinski definition) is 1. The molecule has 0 saturated heterocycles. The zero-order valence-electron chi connectivity index (χ0n) is 8.55. The Bertz CT molecular complexity index is 378. The van der Waals surface area contributed by atoms with Gasteiger partial charge in [0.15, 0.2) is 6.61 Å². The molecule has 0 aliphatic heterocycles. The summed E-state index contributed by atoms with van der Waals surface area (Å²) in [6.07, 6.45) is -4.54. The van der Waals surface area contributed by atoms with E-state index in [0.717, 1.165) is 0 Å². The molecule has 0 bridgehead atoms. The molecule has 0 spiro atoms. The van der Waals surface area contributed by atoms with E-state index in [1.54, 1.807) is 29.7 Å². The lowest BCUT2D eigenvalue weighted by molar-refractivity contribution is -0.191. The van der Waals surface area contributed by atoms with Crippen molar-refractivity contribution < 1.29 is 22.8 Å². The SMILES string of the molecule is O=C(Cc1ccc(Cl)cc1)NOCC(F)(F)F. The molecule has 0 aromatic heterocycles. The fourth-order valence-electron chi connectivity index (χ4n) is 1.02. The van der Waals surface area contributed by atoms with Gasteiger partial charge in [0.2, 0.25) is 5.91 Å². The van der Waals surface area contributed by atoms with Crippen LogP contribution in [0, 0.1) is 0 Å². The van der Waals surface area contributed by atoms with Gasteiger partial charge in [0.25, 0.3) is 0 Å². The Morgan fingerprint density at radius 1 is 1.29 bits per heavy atom. The topological polar surface area (TPSA) is 38.3 Å². The van der Waals surface area contributed by atoms with Gasteiger partial charge in [-0.15, -0.1) is 0 Å². The van der Waals surface area contributed by atoms with E-state index in [9.17, 15) is 18.0 Å². The molecule has 1 N–H and O–H groups in total. The summed E-state index contributed by atoms with van der Waals surface area (Å²) < 4.78 is 35.1. The Morgan fingerprint density at radius 3 is 2.41 bits per heavy atom. The minimum absolute atomic E-state index is 0.0744. The Morgan fingerprint density at radius 2 is 1.88 bits per heavy atom. The molecule has 1 aromatic rings. The van der Waals surface area contributed by atoms with E-state index < -0.39 is 18.7 Å². The molecule has 0 saturated carbocycles. The number of alkyl halides is 3. The van der Waals surface area contributed by atoms with E-state index in [0.29, 0.717) is 10.6 Å². The Kier molecular flexibility index (Phi) is 4.77. The van der Waals surface area contributed by atoms with E-state index in [1.807, 2.05) is 0 Å². The molecular formula is C10H9ClF3NO2. The summed E-state index contributed by atoms with van der Waals surface area (Å²) in [5, 5.41) is 0.516. The molecule has 7 heteroatoms. The largest absolute Gasteiger partial charge is 0.414 e. The first kappa shape index (κ1) is 13.8. The Labute approximate surface area is 100 Å². The van der Waals surface area contributed by atoms with Gasteiger partial charge in [-0.05, 0) is 17.7 Å². The molecule has 0 unspecified atom stereocenters. The van der Waals surface area contributed by atoms with Crippen LogP contribution in [0.25, 0.3) is 0 Å². The highest BCUT2D eigenvalue weighted by molar-refractivity contribution is 6.30. The van der Waals surface area contributed by atoms with Gasteiger partial charge in [0, 0.05) is 5.02 Å². The van der Waals surface area contributed by atoms with Gasteiger partial charge in [-0.1, -0.05) is 23.7 Å². The second-order valence-corrected chi connectivity index (χ2v) is 3.67. The van der Waals surface area contributed by atoms with Crippen LogP contribution in [-0.2, 0) is 16.1 Å². The standard InChI is InChI=1S/C10H9ClF3NO2/c11-8-3-1-7(2-4-8)5-9(16)15-17-6-10(12,13)14/h1-4H,5-6H2,(H,15,16). The van der Waals surface area contributed by atoms with Crippen molar-refractivity contribution in [3.63, 3.8) is 0 Å². The third kappa shape index (κ3) is 6.13. The van der Waals surface area contributed by atoms with Crippen LogP contribution in [-0.4, -0.2) is 18.7 Å². The van der Waals surface area contributed by atoms with Gasteiger partial charge < -0.3 is 0 Å². The fourth-order valence-corrected chi connectivity index (χ4v) is 1.15. The third-order valence-electron chi connectivity index (χ3n) is 1.70. The number of benzene rings is 1. The highest BCUT2D eigenvalue weighted by Crippen LogP contribution is 2.13. The van der Waals surface area contributed by atoms with Crippen molar-refractivity contribution in [2.45, 2.75) is 12.6 Å². The first-order chi connectivity index (χ1) is 7.87. The lowest BCUT2D eigenvalue weighted by Gasteiger charge is -2.08. The minimum atomic E-state index is -4.46. The molecule has 1 amide bonds. The molecule has 1 aromatic carbocycles. The highest BCUT2D eigenvalue weighted by Gasteiger charge is 2.28. The summed E-state index contributed by atoms with van der Waals surface area (Å²) in [6.45, 7) is -1.51. The normalized spacial score (nSPS) is 11.3. The number of carbonyl (C=O) groups excluding carboxylic acids is 1. The number of amides is 1. The van der Waals surface area contributed by atoms with Crippen molar-refractivity contribution in [1.29, 1.82) is 0 Å². The number of halogens is 4. The number of hydroxylamine groups is 1.